The van der Waals surface area contributed by atoms with Gasteiger partial charge in [0.1, 0.15) is 17.6 Å². The number of piperidine rings is 1. The van der Waals surface area contributed by atoms with Gasteiger partial charge in [0.2, 0.25) is 0 Å². The van der Waals surface area contributed by atoms with Crippen LogP contribution in [0.15, 0.2) is 48.7 Å². The number of rotatable bonds is 10. The van der Waals surface area contributed by atoms with Gasteiger partial charge in [-0.05, 0) is 56.2 Å². The Balaban J connectivity index is 1.24. The van der Waals surface area contributed by atoms with Crippen molar-refractivity contribution in [2.75, 3.05) is 20.2 Å². The Kier molecular flexibility index (Phi) is 7.96. The lowest BCUT2D eigenvalue weighted by atomic mass is 9.99. The van der Waals surface area contributed by atoms with Gasteiger partial charge in [-0.1, -0.05) is 49.7 Å². The minimum atomic E-state index is -0.0238. The van der Waals surface area contributed by atoms with Crippen LogP contribution in [0.1, 0.15) is 56.3 Å². The number of aromatic nitrogens is 1. The highest BCUT2D eigenvalue weighted by molar-refractivity contribution is 6.32. The molecule has 5 rings (SSSR count). The Morgan fingerprint density at radius 1 is 1.05 bits per heavy atom. The van der Waals surface area contributed by atoms with Crippen molar-refractivity contribution in [1.82, 2.24) is 14.8 Å². The second-order valence-electron chi connectivity index (χ2n) is 10.8. The molecule has 1 aromatic heterocycles. The molecule has 3 heterocycles. The fourth-order valence-corrected chi connectivity index (χ4v) is 6.25. The maximum absolute atomic E-state index is 13.0. The quantitative estimate of drug-likeness (QED) is 0.346. The summed E-state index contributed by atoms with van der Waals surface area (Å²) in [6.07, 6.45) is 7.78. The maximum atomic E-state index is 13.0. The number of methoxy groups -OCH3 is 1. The molecule has 2 aliphatic rings. The third-order valence-corrected chi connectivity index (χ3v) is 8.10. The summed E-state index contributed by atoms with van der Waals surface area (Å²) in [5, 5.41) is 4.70. The molecule has 2 fully saturated rings. The molecule has 37 heavy (non-hydrogen) atoms. The van der Waals surface area contributed by atoms with E-state index in [2.05, 4.69) is 28.6 Å². The molecular weight excluding hydrogens is 486 g/mol. The van der Waals surface area contributed by atoms with Crippen LogP contribution in [0.25, 0.3) is 10.9 Å². The number of nitrogens with zero attached hydrogens (tertiary/aromatic N) is 2. The number of carbonyl (C=O) groups is 1. The van der Waals surface area contributed by atoms with E-state index in [4.69, 9.17) is 21.1 Å². The third kappa shape index (κ3) is 5.60. The highest BCUT2D eigenvalue weighted by atomic mass is 35.5. The fraction of sp³-hybridized carbons (Fsp3) is 0.500. The molecule has 6 nitrogen and oxygen atoms in total. The van der Waals surface area contributed by atoms with E-state index >= 15 is 0 Å². The van der Waals surface area contributed by atoms with E-state index < -0.39 is 0 Å². The number of para-hydroxylation sites is 2. The Bertz CT molecular complexity index is 1230. The van der Waals surface area contributed by atoms with Crippen molar-refractivity contribution in [2.45, 2.75) is 70.7 Å². The molecule has 2 bridgehead atoms. The molecule has 0 spiro atoms. The fourth-order valence-electron chi connectivity index (χ4n) is 6.07. The van der Waals surface area contributed by atoms with Gasteiger partial charge in [-0.3, -0.25) is 9.69 Å². The van der Waals surface area contributed by atoms with E-state index in [1.54, 1.807) is 7.11 Å². The SMILES string of the molecule is COc1cccc2c(C(=O)NCC(C)C)cn(CCCN3C4CCC3CC(Oc3ccccc3Cl)C4)c12. The number of benzene rings is 2. The molecule has 0 aliphatic carbocycles. The maximum Gasteiger partial charge on any atom is 0.253 e. The summed E-state index contributed by atoms with van der Waals surface area (Å²) < 4.78 is 14.2. The first-order chi connectivity index (χ1) is 17.9. The summed E-state index contributed by atoms with van der Waals surface area (Å²) in [7, 11) is 1.69. The van der Waals surface area contributed by atoms with Gasteiger partial charge < -0.3 is 19.4 Å². The van der Waals surface area contributed by atoms with Crippen LogP contribution in [-0.4, -0.2) is 53.8 Å². The standard InChI is InChI=1S/C30H38ClN3O3/c1-20(2)18-32-30(35)25-19-33(29-24(25)8-6-11-28(29)36-3)14-7-15-34-21-12-13-22(34)17-23(16-21)37-27-10-5-4-9-26(27)31/h4-6,8-11,19-23H,7,12-18H2,1-3H3,(H,32,35). The van der Waals surface area contributed by atoms with Crippen LogP contribution in [0.2, 0.25) is 5.02 Å². The van der Waals surface area contributed by atoms with E-state index in [-0.39, 0.29) is 12.0 Å². The van der Waals surface area contributed by atoms with Gasteiger partial charge in [-0.2, -0.15) is 0 Å². The third-order valence-electron chi connectivity index (χ3n) is 7.78. The highest BCUT2D eigenvalue weighted by Crippen LogP contribution is 2.38. The molecule has 2 unspecified atom stereocenters. The van der Waals surface area contributed by atoms with Crippen molar-refractivity contribution >= 4 is 28.4 Å². The van der Waals surface area contributed by atoms with Crippen molar-refractivity contribution in [3.8, 4) is 11.5 Å². The number of amides is 1. The van der Waals surface area contributed by atoms with Gasteiger partial charge in [-0.25, -0.2) is 0 Å². The predicted molar refractivity (Wildman–Crippen MR) is 149 cm³/mol. The Hall–Kier alpha value is -2.70. The summed E-state index contributed by atoms with van der Waals surface area (Å²) in [5.41, 5.74) is 1.71. The molecule has 2 aliphatic heterocycles. The summed E-state index contributed by atoms with van der Waals surface area (Å²) in [6.45, 7) is 6.74. The first-order valence-corrected chi connectivity index (χ1v) is 13.9. The van der Waals surface area contributed by atoms with Crippen LogP contribution < -0.4 is 14.8 Å². The van der Waals surface area contributed by atoms with E-state index in [0.29, 0.717) is 35.1 Å². The number of ether oxygens (including phenoxy) is 2. The Morgan fingerprint density at radius 2 is 1.78 bits per heavy atom. The molecule has 0 radical (unpaired) electrons. The second kappa shape index (κ2) is 11.4. The van der Waals surface area contributed by atoms with Gasteiger partial charge in [-0.15, -0.1) is 0 Å². The first kappa shape index (κ1) is 25.9. The number of fused-ring (bicyclic) bond motifs is 3. The molecule has 198 valence electrons. The summed E-state index contributed by atoms with van der Waals surface area (Å²) in [4.78, 5) is 15.7. The monoisotopic (exact) mass is 523 g/mol. The number of aryl methyl sites for hydroxylation is 1. The lowest BCUT2D eigenvalue weighted by Crippen LogP contribution is -2.46. The van der Waals surface area contributed by atoms with Crippen molar-refractivity contribution in [1.29, 1.82) is 0 Å². The zero-order valence-corrected chi connectivity index (χ0v) is 22.8. The number of carbonyl (C=O) groups excluding carboxylic acids is 1. The van der Waals surface area contributed by atoms with Gasteiger partial charge >= 0.3 is 0 Å². The van der Waals surface area contributed by atoms with Crippen LogP contribution in [-0.2, 0) is 6.54 Å². The molecule has 3 aromatic rings. The Morgan fingerprint density at radius 3 is 2.49 bits per heavy atom. The smallest absolute Gasteiger partial charge is 0.253 e. The summed E-state index contributed by atoms with van der Waals surface area (Å²) >= 11 is 6.33. The molecule has 1 amide bonds. The predicted octanol–water partition coefficient (Wildman–Crippen LogP) is 6.15. The summed E-state index contributed by atoms with van der Waals surface area (Å²) in [6, 6.07) is 14.8. The van der Waals surface area contributed by atoms with E-state index in [1.807, 2.05) is 48.7 Å². The van der Waals surface area contributed by atoms with E-state index in [1.165, 1.54) is 12.8 Å². The lowest BCUT2D eigenvalue weighted by Gasteiger charge is -2.39. The zero-order valence-electron chi connectivity index (χ0n) is 22.1. The minimum absolute atomic E-state index is 0.0238. The van der Waals surface area contributed by atoms with Crippen LogP contribution >= 0.6 is 11.6 Å². The molecular formula is C30H38ClN3O3. The number of hydrogen-bond donors (Lipinski definition) is 1. The average molecular weight is 524 g/mol. The molecule has 2 saturated heterocycles. The first-order valence-electron chi connectivity index (χ1n) is 13.6. The van der Waals surface area contributed by atoms with Crippen LogP contribution in [0.3, 0.4) is 0 Å². The van der Waals surface area contributed by atoms with Crippen molar-refractivity contribution in [2.24, 2.45) is 5.92 Å². The second-order valence-corrected chi connectivity index (χ2v) is 11.2. The minimum Gasteiger partial charge on any atom is -0.495 e. The zero-order chi connectivity index (χ0) is 25.9. The normalized spacial score (nSPS) is 21.5. The van der Waals surface area contributed by atoms with E-state index in [9.17, 15) is 4.79 Å². The number of hydrogen-bond acceptors (Lipinski definition) is 4. The number of halogens is 1. The van der Waals surface area contributed by atoms with Crippen molar-refractivity contribution < 1.29 is 14.3 Å². The van der Waals surface area contributed by atoms with Crippen molar-refractivity contribution in [3.05, 3.63) is 59.2 Å². The number of nitrogens with one attached hydrogen (secondary N) is 1. The molecule has 1 N–H and O–H groups in total. The van der Waals surface area contributed by atoms with Gasteiger partial charge in [0.05, 0.1) is 23.2 Å². The van der Waals surface area contributed by atoms with Crippen LogP contribution in [0, 0.1) is 5.92 Å². The lowest BCUT2D eigenvalue weighted by molar-refractivity contribution is 0.0482. The van der Waals surface area contributed by atoms with Crippen molar-refractivity contribution in [3.63, 3.8) is 0 Å². The highest BCUT2D eigenvalue weighted by Gasteiger charge is 2.41. The summed E-state index contributed by atoms with van der Waals surface area (Å²) in [5.74, 6) is 1.98. The van der Waals surface area contributed by atoms with Gasteiger partial charge in [0.25, 0.3) is 5.91 Å². The Labute approximate surface area is 224 Å². The molecule has 7 heteroatoms. The van der Waals surface area contributed by atoms with Crippen LogP contribution in [0.4, 0.5) is 0 Å². The van der Waals surface area contributed by atoms with Gasteiger partial charge in [0.15, 0.2) is 0 Å². The average Bonchev–Trinajstić information content (AvgIpc) is 3.37. The topological polar surface area (TPSA) is 55.7 Å². The van der Waals surface area contributed by atoms with Crippen LogP contribution in [0.5, 0.6) is 11.5 Å². The molecule has 2 aromatic carbocycles. The molecule has 0 saturated carbocycles. The largest absolute Gasteiger partial charge is 0.495 e. The molecule has 2 atom stereocenters. The van der Waals surface area contributed by atoms with E-state index in [0.717, 1.165) is 54.8 Å². The van der Waals surface area contributed by atoms with Gasteiger partial charge in [0, 0.05) is 43.3 Å².